The standard InChI is InChI=1S/C15H23FN2O4/c1-4-21-10-15(16)8-6-5-7-11(15)22-14-17-12(19-2)9-13(18-14)20-3/h9,11H,4-8,10H2,1-3H3. The van der Waals surface area contributed by atoms with E-state index in [1.54, 1.807) is 0 Å². The highest BCUT2D eigenvalue weighted by Crippen LogP contribution is 2.35. The van der Waals surface area contributed by atoms with Gasteiger partial charge in [0, 0.05) is 6.61 Å². The fourth-order valence-corrected chi connectivity index (χ4v) is 2.54. The number of methoxy groups -OCH3 is 2. The van der Waals surface area contributed by atoms with Gasteiger partial charge in [0.15, 0.2) is 5.67 Å². The van der Waals surface area contributed by atoms with Gasteiger partial charge in [-0.25, -0.2) is 4.39 Å². The molecular weight excluding hydrogens is 291 g/mol. The fraction of sp³-hybridized carbons (Fsp3) is 0.733. The summed E-state index contributed by atoms with van der Waals surface area (Å²) in [5.74, 6) is 0.624. The van der Waals surface area contributed by atoms with Crippen molar-refractivity contribution < 1.29 is 23.3 Å². The van der Waals surface area contributed by atoms with E-state index in [1.165, 1.54) is 20.3 Å². The zero-order valence-corrected chi connectivity index (χ0v) is 13.3. The summed E-state index contributed by atoms with van der Waals surface area (Å²) < 4.78 is 36.3. The maximum Gasteiger partial charge on any atom is 0.323 e. The van der Waals surface area contributed by atoms with Crippen LogP contribution < -0.4 is 14.2 Å². The Balaban J connectivity index is 2.16. The number of ether oxygens (including phenoxy) is 4. The third-order valence-electron chi connectivity index (χ3n) is 3.76. The summed E-state index contributed by atoms with van der Waals surface area (Å²) in [5.41, 5.74) is -1.52. The Morgan fingerprint density at radius 3 is 2.50 bits per heavy atom. The number of nitrogens with zero attached hydrogens (tertiary/aromatic N) is 2. The minimum absolute atomic E-state index is 0.0231. The molecule has 0 saturated heterocycles. The minimum atomic E-state index is -1.52. The van der Waals surface area contributed by atoms with Crippen molar-refractivity contribution in [3.63, 3.8) is 0 Å². The maximum atomic E-state index is 15.1. The normalized spacial score (nSPS) is 24.8. The predicted molar refractivity (Wildman–Crippen MR) is 78.4 cm³/mol. The van der Waals surface area contributed by atoms with Crippen LogP contribution >= 0.6 is 0 Å². The molecule has 0 aliphatic heterocycles. The molecule has 1 aliphatic carbocycles. The van der Waals surface area contributed by atoms with E-state index in [9.17, 15) is 0 Å². The Kier molecular flexibility index (Phi) is 5.76. The quantitative estimate of drug-likeness (QED) is 0.771. The van der Waals surface area contributed by atoms with Gasteiger partial charge in [-0.2, -0.15) is 9.97 Å². The number of halogens is 1. The molecule has 124 valence electrons. The molecule has 1 aromatic rings. The van der Waals surface area contributed by atoms with Crippen LogP contribution in [0.4, 0.5) is 4.39 Å². The van der Waals surface area contributed by atoms with E-state index in [2.05, 4.69) is 9.97 Å². The number of hydrogen-bond acceptors (Lipinski definition) is 6. The molecule has 0 amide bonds. The summed E-state index contributed by atoms with van der Waals surface area (Å²) in [4.78, 5) is 8.19. The molecule has 0 bridgehead atoms. The average molecular weight is 314 g/mol. The Morgan fingerprint density at radius 1 is 1.23 bits per heavy atom. The van der Waals surface area contributed by atoms with E-state index >= 15 is 4.39 Å². The Morgan fingerprint density at radius 2 is 1.91 bits per heavy atom. The molecule has 0 aromatic carbocycles. The monoisotopic (exact) mass is 314 g/mol. The molecule has 0 N–H and O–H groups in total. The van der Waals surface area contributed by atoms with E-state index in [-0.39, 0.29) is 12.6 Å². The number of aromatic nitrogens is 2. The highest BCUT2D eigenvalue weighted by Gasteiger charge is 2.43. The molecule has 6 nitrogen and oxygen atoms in total. The van der Waals surface area contributed by atoms with Crippen LogP contribution in [0.25, 0.3) is 0 Å². The van der Waals surface area contributed by atoms with E-state index in [0.29, 0.717) is 31.2 Å². The van der Waals surface area contributed by atoms with Crippen LogP contribution in [0.15, 0.2) is 6.07 Å². The van der Waals surface area contributed by atoms with Gasteiger partial charge in [0.05, 0.1) is 26.9 Å². The minimum Gasteiger partial charge on any atom is -0.481 e. The Bertz CT molecular complexity index is 466. The van der Waals surface area contributed by atoms with Crippen LogP contribution in [0.2, 0.25) is 0 Å². The second-order valence-electron chi connectivity index (χ2n) is 5.26. The molecule has 7 heteroatoms. The lowest BCUT2D eigenvalue weighted by atomic mass is 9.84. The first-order valence-electron chi connectivity index (χ1n) is 7.51. The molecular formula is C15H23FN2O4. The predicted octanol–water partition coefficient (Wildman–Crippen LogP) is 2.56. The van der Waals surface area contributed by atoms with Gasteiger partial charge in [-0.3, -0.25) is 0 Å². The van der Waals surface area contributed by atoms with Crippen LogP contribution in [0.1, 0.15) is 32.6 Å². The number of rotatable bonds is 7. The second kappa shape index (κ2) is 7.58. The van der Waals surface area contributed by atoms with E-state index in [1.807, 2.05) is 6.92 Å². The molecule has 0 radical (unpaired) electrons. The summed E-state index contributed by atoms with van der Waals surface area (Å²) in [6.07, 6.45) is 2.12. The zero-order valence-electron chi connectivity index (χ0n) is 13.3. The van der Waals surface area contributed by atoms with Gasteiger partial charge in [-0.1, -0.05) is 0 Å². The SMILES string of the molecule is CCOCC1(F)CCCCC1Oc1nc(OC)cc(OC)n1. The van der Waals surface area contributed by atoms with Gasteiger partial charge in [0.2, 0.25) is 11.8 Å². The third-order valence-corrected chi connectivity index (χ3v) is 3.76. The third kappa shape index (κ3) is 3.97. The molecule has 2 rings (SSSR count). The van der Waals surface area contributed by atoms with Crippen LogP contribution in [0.3, 0.4) is 0 Å². The van der Waals surface area contributed by atoms with Crippen LogP contribution in [0, 0.1) is 0 Å². The molecule has 1 fully saturated rings. The summed E-state index contributed by atoms with van der Waals surface area (Å²) in [5, 5.41) is 0. The highest BCUT2D eigenvalue weighted by molar-refractivity contribution is 5.23. The molecule has 2 unspecified atom stereocenters. The van der Waals surface area contributed by atoms with Crippen molar-refractivity contribution in [1.82, 2.24) is 9.97 Å². The first-order chi connectivity index (χ1) is 10.6. The van der Waals surface area contributed by atoms with Crippen LogP contribution in [0.5, 0.6) is 17.8 Å². The van der Waals surface area contributed by atoms with E-state index < -0.39 is 11.8 Å². The molecule has 2 atom stereocenters. The first-order valence-corrected chi connectivity index (χ1v) is 7.51. The molecule has 1 aliphatic rings. The van der Waals surface area contributed by atoms with Crippen LogP contribution in [-0.2, 0) is 4.74 Å². The van der Waals surface area contributed by atoms with E-state index in [4.69, 9.17) is 18.9 Å². The van der Waals surface area contributed by atoms with Crippen molar-refractivity contribution in [1.29, 1.82) is 0 Å². The van der Waals surface area contributed by atoms with Crippen molar-refractivity contribution in [2.24, 2.45) is 0 Å². The lowest BCUT2D eigenvalue weighted by Gasteiger charge is -2.36. The second-order valence-corrected chi connectivity index (χ2v) is 5.26. The van der Waals surface area contributed by atoms with Gasteiger partial charge >= 0.3 is 6.01 Å². The van der Waals surface area contributed by atoms with Gasteiger partial charge in [0.1, 0.15) is 6.10 Å². The molecule has 1 heterocycles. The van der Waals surface area contributed by atoms with Crippen molar-refractivity contribution >= 4 is 0 Å². The van der Waals surface area contributed by atoms with Crippen molar-refractivity contribution in [2.45, 2.75) is 44.4 Å². The lowest BCUT2D eigenvalue weighted by Crippen LogP contribution is -2.48. The van der Waals surface area contributed by atoms with Crippen LogP contribution in [-0.4, -0.2) is 49.2 Å². The van der Waals surface area contributed by atoms with Crippen molar-refractivity contribution in [2.75, 3.05) is 27.4 Å². The van der Waals surface area contributed by atoms with Gasteiger partial charge in [0.25, 0.3) is 0 Å². The smallest absolute Gasteiger partial charge is 0.323 e. The largest absolute Gasteiger partial charge is 0.481 e. The highest BCUT2D eigenvalue weighted by atomic mass is 19.1. The summed E-state index contributed by atoms with van der Waals surface area (Å²) in [6.45, 7) is 2.34. The van der Waals surface area contributed by atoms with Crippen molar-refractivity contribution in [3.8, 4) is 17.8 Å². The molecule has 1 aromatic heterocycles. The average Bonchev–Trinajstić information content (AvgIpc) is 2.55. The van der Waals surface area contributed by atoms with Crippen molar-refractivity contribution in [3.05, 3.63) is 6.07 Å². The summed E-state index contributed by atoms with van der Waals surface area (Å²) in [6, 6.07) is 1.60. The topological polar surface area (TPSA) is 62.7 Å². The number of alkyl halides is 1. The summed E-state index contributed by atoms with van der Waals surface area (Å²) in [7, 11) is 2.97. The molecule has 1 saturated carbocycles. The Labute approximate surface area is 129 Å². The molecule has 22 heavy (non-hydrogen) atoms. The fourth-order valence-electron chi connectivity index (χ4n) is 2.54. The lowest BCUT2D eigenvalue weighted by molar-refractivity contribution is -0.0793. The van der Waals surface area contributed by atoms with E-state index in [0.717, 1.165) is 12.8 Å². The number of hydrogen-bond donors (Lipinski definition) is 0. The summed E-state index contributed by atoms with van der Waals surface area (Å²) >= 11 is 0. The zero-order chi connectivity index (χ0) is 16.0. The maximum absolute atomic E-state index is 15.1. The van der Waals surface area contributed by atoms with Gasteiger partial charge in [-0.05, 0) is 32.6 Å². The van der Waals surface area contributed by atoms with Gasteiger partial charge in [-0.15, -0.1) is 0 Å². The first kappa shape index (κ1) is 16.7. The van der Waals surface area contributed by atoms with Gasteiger partial charge < -0.3 is 18.9 Å². The Hall–Kier alpha value is -1.63. The molecule has 0 spiro atoms.